The summed E-state index contributed by atoms with van der Waals surface area (Å²) in [6.45, 7) is 0. The Balaban J connectivity index is 1.67. The van der Waals surface area contributed by atoms with Crippen molar-refractivity contribution in [2.45, 2.75) is 0 Å². The van der Waals surface area contributed by atoms with E-state index in [0.29, 0.717) is 16.4 Å². The van der Waals surface area contributed by atoms with Crippen molar-refractivity contribution in [2.75, 3.05) is 5.32 Å². The number of hydrogen-bond acceptors (Lipinski definition) is 5. The molecule has 0 radical (unpaired) electrons. The molecule has 0 spiro atoms. The molecule has 1 aromatic heterocycles. The van der Waals surface area contributed by atoms with E-state index >= 15 is 0 Å². The fraction of sp³-hybridized carbons (Fsp3) is 0. The van der Waals surface area contributed by atoms with Crippen LogP contribution in [0.3, 0.4) is 0 Å². The molecule has 6 nitrogen and oxygen atoms in total. The highest BCUT2D eigenvalue weighted by Gasteiger charge is 2.33. The lowest BCUT2D eigenvalue weighted by Gasteiger charge is -2.16. The summed E-state index contributed by atoms with van der Waals surface area (Å²) in [6.07, 6.45) is 3.09. The topological polar surface area (TPSA) is 74.6 Å². The Morgan fingerprint density at radius 2 is 2.00 bits per heavy atom. The number of amides is 3. The lowest BCUT2D eigenvalue weighted by Crippen LogP contribution is -2.46. The minimum Gasteiger partial charge on any atom is -0.465 e. The van der Waals surface area contributed by atoms with Crippen molar-refractivity contribution in [2.24, 2.45) is 0 Å². The molecule has 0 aliphatic carbocycles. The fourth-order valence-corrected chi connectivity index (χ4v) is 3.01. The average molecular weight is 345 g/mol. The van der Waals surface area contributed by atoms with E-state index in [2.05, 4.69) is 10.7 Å². The maximum Gasteiger partial charge on any atom is 0.338 e. The zero-order valence-electron chi connectivity index (χ0n) is 11.7. The summed E-state index contributed by atoms with van der Waals surface area (Å²) in [7, 11) is 0. The zero-order chi connectivity index (χ0) is 16.2. The number of para-hydroxylation sites is 1. The van der Waals surface area contributed by atoms with Gasteiger partial charge in [-0.3, -0.25) is 4.79 Å². The van der Waals surface area contributed by atoms with Crippen LogP contribution in [0.25, 0.3) is 6.08 Å². The van der Waals surface area contributed by atoms with E-state index in [-0.39, 0.29) is 4.32 Å². The molecule has 2 heterocycles. The summed E-state index contributed by atoms with van der Waals surface area (Å²) in [5.74, 6) is 0.138. The quantitative estimate of drug-likeness (QED) is 0.660. The fourth-order valence-electron chi connectivity index (χ4n) is 1.85. The van der Waals surface area contributed by atoms with Gasteiger partial charge in [0.2, 0.25) is 0 Å². The van der Waals surface area contributed by atoms with Crippen LogP contribution in [-0.2, 0) is 4.79 Å². The SMILES string of the molecule is O=C(Nc1ccccc1)NN1C(=O)/C(=C\c2ccco2)SC1=S. The normalized spacial score (nSPS) is 16.0. The molecule has 23 heavy (non-hydrogen) atoms. The maximum atomic E-state index is 12.3. The summed E-state index contributed by atoms with van der Waals surface area (Å²) >= 11 is 6.22. The van der Waals surface area contributed by atoms with Crippen LogP contribution < -0.4 is 10.7 Å². The predicted octanol–water partition coefficient (Wildman–Crippen LogP) is 3.22. The van der Waals surface area contributed by atoms with Crippen LogP contribution in [0.2, 0.25) is 0 Å². The number of furan rings is 1. The molecule has 3 amide bonds. The Hall–Kier alpha value is -2.58. The van der Waals surface area contributed by atoms with Gasteiger partial charge in [0.25, 0.3) is 5.91 Å². The van der Waals surface area contributed by atoms with Gasteiger partial charge in [0, 0.05) is 11.8 Å². The van der Waals surface area contributed by atoms with E-state index in [9.17, 15) is 9.59 Å². The Bertz CT molecular complexity index is 773. The average Bonchev–Trinajstić information content (AvgIpc) is 3.13. The molecular formula is C15H11N3O3S2. The molecule has 0 unspecified atom stereocenters. The number of nitrogens with one attached hydrogen (secondary N) is 2. The third-order valence-electron chi connectivity index (χ3n) is 2.86. The maximum absolute atomic E-state index is 12.3. The van der Waals surface area contributed by atoms with Gasteiger partial charge in [0.15, 0.2) is 4.32 Å². The number of anilines is 1. The van der Waals surface area contributed by atoms with Crippen molar-refractivity contribution < 1.29 is 14.0 Å². The van der Waals surface area contributed by atoms with Crippen LogP contribution in [0.5, 0.6) is 0 Å². The van der Waals surface area contributed by atoms with E-state index < -0.39 is 11.9 Å². The van der Waals surface area contributed by atoms with Crippen molar-refractivity contribution in [3.8, 4) is 0 Å². The molecule has 0 atom stereocenters. The van der Waals surface area contributed by atoms with Gasteiger partial charge in [-0.05, 0) is 36.5 Å². The van der Waals surface area contributed by atoms with Crippen molar-refractivity contribution in [3.05, 3.63) is 59.4 Å². The second-order valence-corrected chi connectivity index (χ2v) is 6.14. The Morgan fingerprint density at radius 3 is 2.70 bits per heavy atom. The Morgan fingerprint density at radius 1 is 1.22 bits per heavy atom. The van der Waals surface area contributed by atoms with E-state index in [0.717, 1.165) is 16.8 Å². The van der Waals surface area contributed by atoms with Crippen LogP contribution >= 0.6 is 24.0 Å². The summed E-state index contributed by atoms with van der Waals surface area (Å²) in [6, 6.07) is 11.8. The number of thioether (sulfide) groups is 1. The van der Waals surface area contributed by atoms with Gasteiger partial charge in [-0.25, -0.2) is 10.2 Å². The predicted molar refractivity (Wildman–Crippen MR) is 92.3 cm³/mol. The van der Waals surface area contributed by atoms with Gasteiger partial charge < -0.3 is 9.73 Å². The Kier molecular flexibility index (Phi) is 4.45. The van der Waals surface area contributed by atoms with Crippen molar-refractivity contribution in [3.63, 3.8) is 0 Å². The minimum atomic E-state index is -0.549. The molecule has 1 fully saturated rings. The van der Waals surface area contributed by atoms with E-state index in [1.807, 2.05) is 6.07 Å². The number of carbonyl (C=O) groups is 2. The van der Waals surface area contributed by atoms with Crippen LogP contribution in [0.1, 0.15) is 5.76 Å². The molecule has 1 aliphatic rings. The highest BCUT2D eigenvalue weighted by molar-refractivity contribution is 8.26. The number of nitrogens with zero attached hydrogens (tertiary/aromatic N) is 1. The number of hydrogen-bond donors (Lipinski definition) is 2. The van der Waals surface area contributed by atoms with E-state index in [1.165, 1.54) is 6.26 Å². The van der Waals surface area contributed by atoms with Crippen LogP contribution in [-0.4, -0.2) is 21.3 Å². The van der Waals surface area contributed by atoms with Crippen LogP contribution in [0, 0.1) is 0 Å². The molecule has 2 N–H and O–H groups in total. The van der Waals surface area contributed by atoms with Crippen LogP contribution in [0.15, 0.2) is 58.1 Å². The molecule has 8 heteroatoms. The molecule has 2 aromatic rings. The molecule has 0 bridgehead atoms. The van der Waals surface area contributed by atoms with E-state index in [4.69, 9.17) is 16.6 Å². The second-order valence-electron chi connectivity index (χ2n) is 4.46. The van der Waals surface area contributed by atoms with Crippen molar-refractivity contribution >= 4 is 52.0 Å². The number of hydrazine groups is 1. The smallest absolute Gasteiger partial charge is 0.338 e. The van der Waals surface area contributed by atoms with Gasteiger partial charge in [-0.15, -0.1) is 0 Å². The van der Waals surface area contributed by atoms with E-state index in [1.54, 1.807) is 42.5 Å². The summed E-state index contributed by atoms with van der Waals surface area (Å²) < 4.78 is 5.42. The molecule has 3 rings (SSSR count). The van der Waals surface area contributed by atoms with Gasteiger partial charge in [-0.2, -0.15) is 5.01 Å². The monoisotopic (exact) mass is 345 g/mol. The number of benzene rings is 1. The first-order chi connectivity index (χ1) is 11.1. The minimum absolute atomic E-state index is 0.246. The first-order valence-corrected chi connectivity index (χ1v) is 7.80. The summed E-state index contributed by atoms with van der Waals surface area (Å²) in [5, 5.41) is 3.65. The van der Waals surface area contributed by atoms with Crippen LogP contribution in [0.4, 0.5) is 10.5 Å². The molecule has 0 saturated carbocycles. The number of urea groups is 1. The molecular weight excluding hydrogens is 334 g/mol. The first kappa shape index (κ1) is 15.3. The van der Waals surface area contributed by atoms with Gasteiger partial charge in [-0.1, -0.05) is 30.0 Å². The highest BCUT2D eigenvalue weighted by Crippen LogP contribution is 2.31. The van der Waals surface area contributed by atoms with Crippen molar-refractivity contribution in [1.82, 2.24) is 10.4 Å². The summed E-state index contributed by atoms with van der Waals surface area (Å²) in [5.41, 5.74) is 3.05. The Labute approximate surface area is 141 Å². The third-order valence-corrected chi connectivity index (χ3v) is 4.16. The summed E-state index contributed by atoms with van der Waals surface area (Å²) in [4.78, 5) is 24.6. The molecule has 1 saturated heterocycles. The molecule has 1 aliphatic heterocycles. The highest BCUT2D eigenvalue weighted by atomic mass is 32.2. The second kappa shape index (κ2) is 6.67. The number of rotatable bonds is 3. The molecule has 116 valence electrons. The third kappa shape index (κ3) is 3.61. The molecule has 1 aromatic carbocycles. The largest absolute Gasteiger partial charge is 0.465 e. The van der Waals surface area contributed by atoms with Gasteiger partial charge in [0.05, 0.1) is 11.2 Å². The number of thiocarbonyl (C=S) groups is 1. The lowest BCUT2D eigenvalue weighted by molar-refractivity contribution is -0.123. The van der Waals surface area contributed by atoms with Crippen molar-refractivity contribution in [1.29, 1.82) is 0 Å². The number of carbonyl (C=O) groups excluding carboxylic acids is 2. The lowest BCUT2D eigenvalue weighted by atomic mass is 10.3. The standard InChI is InChI=1S/C15H11N3O3S2/c19-13-12(9-11-7-4-8-21-11)23-15(22)18(13)17-14(20)16-10-5-2-1-3-6-10/h1-9H,(H2,16,17,20)/b12-9+. The van der Waals surface area contributed by atoms with Gasteiger partial charge >= 0.3 is 6.03 Å². The first-order valence-electron chi connectivity index (χ1n) is 6.57. The van der Waals surface area contributed by atoms with Gasteiger partial charge in [0.1, 0.15) is 5.76 Å². The zero-order valence-corrected chi connectivity index (χ0v) is 13.3.